The zero-order chi connectivity index (χ0) is 30.7. The van der Waals surface area contributed by atoms with Crippen molar-refractivity contribution in [3.8, 4) is 6.19 Å². The van der Waals surface area contributed by atoms with Gasteiger partial charge in [-0.2, -0.15) is 5.26 Å². The van der Waals surface area contributed by atoms with Crippen LogP contribution in [0, 0.1) is 18.4 Å². The normalized spacial score (nSPS) is 20.4. The molecule has 3 amide bonds. The average Bonchev–Trinajstić information content (AvgIpc) is 3.50. The summed E-state index contributed by atoms with van der Waals surface area (Å²) in [6, 6.07) is 16.6. The van der Waals surface area contributed by atoms with Crippen LogP contribution in [0.1, 0.15) is 37.9 Å². The molecule has 1 atom stereocenters. The molecule has 44 heavy (non-hydrogen) atoms. The van der Waals surface area contributed by atoms with Crippen LogP contribution in [0.4, 0.5) is 11.4 Å². The number of rotatable bonds is 5. The summed E-state index contributed by atoms with van der Waals surface area (Å²) in [6.07, 6.45) is 4.95. The molecule has 1 unspecified atom stereocenters. The van der Waals surface area contributed by atoms with Crippen molar-refractivity contribution in [2.45, 2.75) is 50.6 Å². The number of benzene rings is 2. The van der Waals surface area contributed by atoms with Crippen LogP contribution in [0.5, 0.6) is 0 Å². The van der Waals surface area contributed by atoms with Gasteiger partial charge in [0.2, 0.25) is 23.7 Å². The molecule has 12 nitrogen and oxygen atoms in total. The van der Waals surface area contributed by atoms with E-state index in [1.54, 1.807) is 9.80 Å². The number of fused-ring (bicyclic) bond motifs is 1. The third-order valence-electron chi connectivity index (χ3n) is 8.79. The van der Waals surface area contributed by atoms with Gasteiger partial charge in [0.15, 0.2) is 6.19 Å². The molecule has 2 aromatic carbocycles. The number of carbonyl (C=O) groups is 3. The van der Waals surface area contributed by atoms with Crippen molar-refractivity contribution in [3.63, 3.8) is 0 Å². The van der Waals surface area contributed by atoms with Crippen LogP contribution in [0.15, 0.2) is 64.0 Å². The Morgan fingerprint density at radius 2 is 1.91 bits per heavy atom. The molecule has 3 aliphatic rings. The molecular formula is C32H36N8O4. The van der Waals surface area contributed by atoms with Crippen LogP contribution in [-0.2, 0) is 14.4 Å². The van der Waals surface area contributed by atoms with E-state index in [0.717, 1.165) is 35.3 Å². The summed E-state index contributed by atoms with van der Waals surface area (Å²) in [5.74, 6) is 0.571. The highest BCUT2D eigenvalue weighted by molar-refractivity contribution is 5.99. The van der Waals surface area contributed by atoms with E-state index >= 15 is 0 Å². The fraction of sp³-hybridized carbons (Fsp3) is 0.406. The minimum absolute atomic E-state index is 0.00737. The molecule has 12 heteroatoms. The Bertz CT molecular complexity index is 1620. The first-order chi connectivity index (χ1) is 21.4. The minimum atomic E-state index is -0.736. The first-order valence-electron chi connectivity index (χ1n) is 15.0. The van der Waals surface area contributed by atoms with Gasteiger partial charge in [0.1, 0.15) is 22.9 Å². The molecule has 3 aliphatic heterocycles. The Balaban J connectivity index is 1.11. The molecule has 3 aromatic rings. The summed E-state index contributed by atoms with van der Waals surface area (Å²) in [7, 11) is 0. The van der Waals surface area contributed by atoms with Gasteiger partial charge >= 0.3 is 0 Å². The van der Waals surface area contributed by atoms with Crippen molar-refractivity contribution in [2.75, 3.05) is 43.1 Å². The molecule has 1 aromatic heterocycles. The maximum atomic E-state index is 13.6. The SMILES string of the molecule is Cc1cc2cc(NC(=NC3CCCCN(CC(=O)N4CCC5(CC4)C(=O)NCN5c4ccccc4)C3=O)NC#N)ccc2o1. The van der Waals surface area contributed by atoms with Crippen molar-refractivity contribution < 1.29 is 18.8 Å². The summed E-state index contributed by atoms with van der Waals surface area (Å²) < 4.78 is 5.64. The largest absolute Gasteiger partial charge is 0.461 e. The lowest BCUT2D eigenvalue weighted by Crippen LogP contribution is -2.58. The highest BCUT2D eigenvalue weighted by Gasteiger charge is 2.50. The topological polar surface area (TPSA) is 146 Å². The Morgan fingerprint density at radius 1 is 1.11 bits per heavy atom. The number of hydrogen-bond donors (Lipinski definition) is 3. The third-order valence-corrected chi connectivity index (χ3v) is 8.79. The van der Waals surface area contributed by atoms with Crippen LogP contribution in [-0.4, -0.2) is 77.9 Å². The van der Waals surface area contributed by atoms with E-state index in [4.69, 9.17) is 4.42 Å². The molecular weight excluding hydrogens is 560 g/mol. The Morgan fingerprint density at radius 3 is 2.68 bits per heavy atom. The number of hydrogen-bond acceptors (Lipinski definition) is 7. The first-order valence-corrected chi connectivity index (χ1v) is 15.0. The molecule has 1 spiro atoms. The summed E-state index contributed by atoms with van der Waals surface area (Å²) in [5.41, 5.74) is 1.74. The van der Waals surface area contributed by atoms with Crippen LogP contribution in [0.3, 0.4) is 0 Å². The fourth-order valence-corrected chi connectivity index (χ4v) is 6.48. The van der Waals surface area contributed by atoms with Gasteiger partial charge in [-0.15, -0.1) is 0 Å². The van der Waals surface area contributed by atoms with Crippen molar-refractivity contribution >= 4 is 46.0 Å². The minimum Gasteiger partial charge on any atom is -0.461 e. The summed E-state index contributed by atoms with van der Waals surface area (Å²) in [5, 5.41) is 18.9. The molecule has 3 fully saturated rings. The maximum absolute atomic E-state index is 13.6. The molecule has 0 radical (unpaired) electrons. The number of likely N-dealkylation sites (tertiary alicyclic amines) is 2. The van der Waals surface area contributed by atoms with Crippen molar-refractivity contribution in [1.29, 1.82) is 5.26 Å². The quantitative estimate of drug-likeness (QED) is 0.176. The number of nitrogens with zero attached hydrogens (tertiary/aromatic N) is 5. The van der Waals surface area contributed by atoms with Crippen LogP contribution in [0.2, 0.25) is 0 Å². The first kappa shape index (κ1) is 29.0. The van der Waals surface area contributed by atoms with Crippen molar-refractivity contribution in [3.05, 3.63) is 60.4 Å². The molecule has 4 heterocycles. The molecule has 0 bridgehead atoms. The number of aliphatic imine (C=N–C) groups is 1. The van der Waals surface area contributed by atoms with Gasteiger partial charge in [-0.3, -0.25) is 19.7 Å². The molecule has 228 valence electrons. The zero-order valence-corrected chi connectivity index (χ0v) is 24.7. The van der Waals surface area contributed by atoms with E-state index in [1.807, 2.05) is 67.7 Å². The summed E-state index contributed by atoms with van der Waals surface area (Å²) in [6.45, 7) is 3.59. The van der Waals surface area contributed by atoms with E-state index in [-0.39, 0.29) is 30.2 Å². The van der Waals surface area contributed by atoms with E-state index in [2.05, 4.69) is 25.8 Å². The summed E-state index contributed by atoms with van der Waals surface area (Å²) in [4.78, 5) is 50.1. The molecule has 0 saturated carbocycles. The second-order valence-corrected chi connectivity index (χ2v) is 11.6. The van der Waals surface area contributed by atoms with Gasteiger partial charge in [-0.25, -0.2) is 4.99 Å². The van der Waals surface area contributed by atoms with Crippen LogP contribution < -0.4 is 20.9 Å². The third kappa shape index (κ3) is 5.77. The number of nitrogens with one attached hydrogen (secondary N) is 3. The van der Waals surface area contributed by atoms with Crippen LogP contribution >= 0.6 is 0 Å². The highest BCUT2D eigenvalue weighted by atomic mass is 16.3. The number of anilines is 2. The average molecular weight is 597 g/mol. The predicted molar refractivity (Wildman–Crippen MR) is 165 cm³/mol. The zero-order valence-electron chi connectivity index (χ0n) is 24.7. The Kier molecular flexibility index (Phi) is 8.11. The molecule has 6 rings (SSSR count). The molecule has 0 aliphatic carbocycles. The van der Waals surface area contributed by atoms with Gasteiger partial charge in [0.25, 0.3) is 0 Å². The van der Waals surface area contributed by atoms with E-state index in [9.17, 15) is 19.6 Å². The lowest BCUT2D eigenvalue weighted by molar-refractivity contribution is -0.142. The predicted octanol–water partition coefficient (Wildman–Crippen LogP) is 2.92. The van der Waals surface area contributed by atoms with Crippen molar-refractivity contribution in [2.24, 2.45) is 4.99 Å². The number of piperidine rings is 1. The number of guanidine groups is 1. The lowest BCUT2D eigenvalue weighted by Gasteiger charge is -2.43. The van der Waals surface area contributed by atoms with Crippen LogP contribution in [0.25, 0.3) is 11.0 Å². The Labute approximate surface area is 255 Å². The second-order valence-electron chi connectivity index (χ2n) is 11.6. The number of furan rings is 1. The Hall–Kier alpha value is -5.05. The van der Waals surface area contributed by atoms with Crippen molar-refractivity contribution in [1.82, 2.24) is 20.4 Å². The monoisotopic (exact) mass is 596 g/mol. The number of nitriles is 1. The molecule has 3 N–H and O–H groups in total. The molecule has 3 saturated heterocycles. The number of carbonyl (C=O) groups excluding carboxylic acids is 3. The number of aryl methyl sites for hydroxylation is 1. The fourth-order valence-electron chi connectivity index (χ4n) is 6.48. The highest BCUT2D eigenvalue weighted by Crippen LogP contribution is 2.36. The lowest BCUT2D eigenvalue weighted by atomic mass is 9.85. The number of amides is 3. The van der Waals surface area contributed by atoms with Gasteiger partial charge in [-0.1, -0.05) is 18.2 Å². The van der Waals surface area contributed by atoms with Gasteiger partial charge < -0.3 is 29.8 Å². The maximum Gasteiger partial charge on any atom is 0.247 e. The number of para-hydroxylation sites is 1. The smallest absolute Gasteiger partial charge is 0.247 e. The van der Waals surface area contributed by atoms with Gasteiger partial charge in [-0.05, 0) is 75.4 Å². The van der Waals surface area contributed by atoms with E-state index in [0.29, 0.717) is 51.3 Å². The standard InChI is InChI=1S/C32H36N8O4/c1-22-17-23-18-24(10-11-27(23)44-22)36-31(34-20-33)37-26-9-5-6-14-39(29(26)42)19-28(41)38-15-12-32(13-16-38)30(43)35-21-40(32)25-7-3-2-4-8-25/h2-4,7-8,10-11,17-18,26H,5-6,9,12-16,19,21H2,1H3,(H,35,43)(H2,34,36,37). The van der Waals surface area contributed by atoms with E-state index < -0.39 is 11.6 Å². The van der Waals surface area contributed by atoms with Gasteiger partial charge in [0.05, 0.1) is 13.2 Å². The van der Waals surface area contributed by atoms with E-state index in [1.165, 1.54) is 0 Å². The van der Waals surface area contributed by atoms with Gasteiger partial charge in [0, 0.05) is 36.4 Å². The summed E-state index contributed by atoms with van der Waals surface area (Å²) >= 11 is 0. The second kappa shape index (κ2) is 12.3.